The third-order valence-corrected chi connectivity index (χ3v) is 9.04. The fourth-order valence-electron chi connectivity index (χ4n) is 6.79. The van der Waals surface area contributed by atoms with Gasteiger partial charge in [-0.3, -0.25) is 0 Å². The predicted molar refractivity (Wildman–Crippen MR) is 191 cm³/mol. The minimum atomic E-state index is 0.625. The van der Waals surface area contributed by atoms with Crippen LogP contribution in [-0.4, -0.2) is 15.0 Å². The molecule has 0 saturated heterocycles. The van der Waals surface area contributed by atoms with E-state index in [4.69, 9.17) is 19.4 Å². The highest BCUT2D eigenvalue weighted by Crippen LogP contribution is 2.42. The number of benzene rings is 6. The number of aromatic nitrogens is 3. The molecule has 1 aliphatic carbocycles. The molecule has 0 N–H and O–H groups in total. The van der Waals surface area contributed by atoms with E-state index >= 15 is 0 Å². The fraction of sp³-hybridized carbons (Fsp3) is 0.0465. The molecule has 2 aromatic heterocycles. The van der Waals surface area contributed by atoms with Gasteiger partial charge in [-0.1, -0.05) is 140 Å². The van der Waals surface area contributed by atoms with Gasteiger partial charge >= 0.3 is 0 Å². The summed E-state index contributed by atoms with van der Waals surface area (Å²) in [5.74, 6) is 1.96. The second-order valence-corrected chi connectivity index (χ2v) is 11.9. The van der Waals surface area contributed by atoms with Gasteiger partial charge in [0.25, 0.3) is 0 Å². The van der Waals surface area contributed by atoms with Gasteiger partial charge in [-0.15, -0.1) is 0 Å². The average molecular weight is 604 g/mol. The topological polar surface area (TPSA) is 51.8 Å². The first-order valence-corrected chi connectivity index (χ1v) is 16.0. The molecular formula is C43H29N3O. The minimum Gasteiger partial charge on any atom is -0.456 e. The van der Waals surface area contributed by atoms with Crippen LogP contribution in [0, 0.1) is 0 Å². The number of hydrogen-bond donors (Lipinski definition) is 0. The van der Waals surface area contributed by atoms with Crippen LogP contribution in [-0.2, 0) is 6.42 Å². The first-order valence-electron chi connectivity index (χ1n) is 16.0. The first-order chi connectivity index (χ1) is 23.3. The van der Waals surface area contributed by atoms with E-state index in [1.54, 1.807) is 0 Å². The van der Waals surface area contributed by atoms with Gasteiger partial charge in [0.15, 0.2) is 17.5 Å². The van der Waals surface area contributed by atoms with Gasteiger partial charge in [0, 0.05) is 27.5 Å². The molecule has 0 radical (unpaired) electrons. The van der Waals surface area contributed by atoms with Crippen LogP contribution in [0.5, 0.6) is 0 Å². The van der Waals surface area contributed by atoms with Gasteiger partial charge in [-0.05, 0) is 58.4 Å². The summed E-state index contributed by atoms with van der Waals surface area (Å²) in [7, 11) is 0. The fourth-order valence-corrected chi connectivity index (χ4v) is 6.79. The second-order valence-electron chi connectivity index (χ2n) is 11.9. The lowest BCUT2D eigenvalue weighted by Crippen LogP contribution is -2.07. The third kappa shape index (κ3) is 4.82. The molecule has 47 heavy (non-hydrogen) atoms. The van der Waals surface area contributed by atoms with Crippen molar-refractivity contribution in [1.82, 2.24) is 15.0 Å². The van der Waals surface area contributed by atoms with Gasteiger partial charge < -0.3 is 4.42 Å². The normalized spacial score (nSPS) is 12.6. The van der Waals surface area contributed by atoms with Crippen LogP contribution in [0.1, 0.15) is 23.4 Å². The maximum absolute atomic E-state index is 6.50. The lowest BCUT2D eigenvalue weighted by molar-refractivity contribution is 0.669. The summed E-state index contributed by atoms with van der Waals surface area (Å²) < 4.78 is 6.50. The standard InChI is InChI=1S/C43H29N3O/c1-3-12-28(13-4-1)29-24-26-31(27-25-29)34-19-10-22-37-39(34)40-36(21-11-23-38(40)47-37)43-45-41(32-15-5-2-6-16-32)44-42(46-43)35-20-9-17-30-14-7-8-18-33(30)35/h1-8,10-16,18-27H,9,17H2. The number of aryl methyl sites for hydroxylation is 1. The summed E-state index contributed by atoms with van der Waals surface area (Å²) in [6, 6.07) is 50.4. The highest BCUT2D eigenvalue weighted by atomic mass is 16.3. The van der Waals surface area contributed by atoms with Crippen molar-refractivity contribution >= 4 is 27.5 Å². The van der Waals surface area contributed by atoms with Gasteiger partial charge in [-0.2, -0.15) is 0 Å². The largest absolute Gasteiger partial charge is 0.456 e. The lowest BCUT2D eigenvalue weighted by Gasteiger charge is -2.18. The van der Waals surface area contributed by atoms with E-state index in [0.717, 1.165) is 62.6 Å². The van der Waals surface area contributed by atoms with Gasteiger partial charge in [0.2, 0.25) is 0 Å². The van der Waals surface area contributed by atoms with Crippen LogP contribution in [0.4, 0.5) is 0 Å². The summed E-state index contributed by atoms with van der Waals surface area (Å²) in [5, 5.41) is 2.05. The van der Waals surface area contributed by atoms with E-state index in [2.05, 4.69) is 109 Å². The van der Waals surface area contributed by atoms with Crippen LogP contribution in [0.15, 0.2) is 156 Å². The Hall–Kier alpha value is -6.13. The summed E-state index contributed by atoms with van der Waals surface area (Å²) in [4.78, 5) is 15.4. The molecule has 0 amide bonds. The summed E-state index contributed by atoms with van der Waals surface area (Å²) in [6.07, 6.45) is 4.22. The Morgan fingerprint density at radius 3 is 1.72 bits per heavy atom. The zero-order valence-electron chi connectivity index (χ0n) is 25.6. The number of hydrogen-bond acceptors (Lipinski definition) is 4. The van der Waals surface area contributed by atoms with E-state index in [9.17, 15) is 0 Å². The van der Waals surface area contributed by atoms with Crippen LogP contribution in [0.2, 0.25) is 0 Å². The summed E-state index contributed by atoms with van der Waals surface area (Å²) >= 11 is 0. The molecule has 222 valence electrons. The molecule has 0 aliphatic heterocycles. The molecule has 2 heterocycles. The van der Waals surface area contributed by atoms with Crippen LogP contribution < -0.4 is 0 Å². The highest BCUT2D eigenvalue weighted by molar-refractivity contribution is 6.17. The molecule has 0 fully saturated rings. The van der Waals surface area contributed by atoms with Crippen molar-refractivity contribution in [2.75, 3.05) is 0 Å². The van der Waals surface area contributed by atoms with E-state index in [0.29, 0.717) is 17.5 Å². The minimum absolute atomic E-state index is 0.625. The van der Waals surface area contributed by atoms with Gasteiger partial charge in [0.1, 0.15) is 11.2 Å². The van der Waals surface area contributed by atoms with E-state index in [1.807, 2.05) is 42.5 Å². The average Bonchev–Trinajstić information content (AvgIpc) is 3.54. The molecule has 8 aromatic rings. The van der Waals surface area contributed by atoms with E-state index in [-0.39, 0.29) is 0 Å². The molecule has 0 saturated carbocycles. The molecule has 4 nitrogen and oxygen atoms in total. The SMILES string of the molecule is C1=C(c2nc(-c3ccccc3)nc(-c3cccc4oc5cccc(-c6ccc(-c7ccccc7)cc6)c5c34)n2)c2ccccc2CC1. The van der Waals surface area contributed by atoms with Crippen molar-refractivity contribution in [3.63, 3.8) is 0 Å². The van der Waals surface area contributed by atoms with Crippen LogP contribution in [0.3, 0.4) is 0 Å². The van der Waals surface area contributed by atoms with Crippen LogP contribution in [0.25, 0.3) is 72.5 Å². The smallest absolute Gasteiger partial charge is 0.164 e. The molecule has 0 unspecified atom stereocenters. The summed E-state index contributed by atoms with van der Waals surface area (Å²) in [5.41, 5.74) is 11.7. The molecule has 0 spiro atoms. The molecule has 4 heteroatoms. The third-order valence-electron chi connectivity index (χ3n) is 9.04. The van der Waals surface area contributed by atoms with Crippen molar-refractivity contribution in [2.45, 2.75) is 12.8 Å². The number of nitrogens with zero attached hydrogens (tertiary/aromatic N) is 3. The summed E-state index contributed by atoms with van der Waals surface area (Å²) in [6.45, 7) is 0. The van der Waals surface area contributed by atoms with E-state index in [1.165, 1.54) is 22.3 Å². The Kier molecular flexibility index (Phi) is 6.57. The maximum Gasteiger partial charge on any atom is 0.164 e. The zero-order chi connectivity index (χ0) is 31.2. The molecule has 6 aromatic carbocycles. The zero-order valence-corrected chi connectivity index (χ0v) is 25.6. The Bertz CT molecular complexity index is 2440. The molecule has 9 rings (SSSR count). The maximum atomic E-state index is 6.50. The van der Waals surface area contributed by atoms with Crippen molar-refractivity contribution in [1.29, 1.82) is 0 Å². The first kappa shape index (κ1) is 27.2. The number of furan rings is 1. The van der Waals surface area contributed by atoms with Crippen molar-refractivity contribution < 1.29 is 4.42 Å². The lowest BCUT2D eigenvalue weighted by atomic mass is 9.90. The Labute approximate surface area is 272 Å². The predicted octanol–water partition coefficient (Wildman–Crippen LogP) is 10.8. The second kappa shape index (κ2) is 11.3. The van der Waals surface area contributed by atoms with Crippen molar-refractivity contribution in [3.8, 4) is 45.0 Å². The van der Waals surface area contributed by atoms with Gasteiger partial charge in [0.05, 0.1) is 0 Å². The Morgan fingerprint density at radius 2 is 0.957 bits per heavy atom. The van der Waals surface area contributed by atoms with Crippen molar-refractivity contribution in [3.05, 3.63) is 169 Å². The monoisotopic (exact) mass is 603 g/mol. The van der Waals surface area contributed by atoms with Crippen LogP contribution >= 0.6 is 0 Å². The number of fused-ring (bicyclic) bond motifs is 4. The highest BCUT2D eigenvalue weighted by Gasteiger charge is 2.22. The van der Waals surface area contributed by atoms with E-state index < -0.39 is 0 Å². The number of rotatable bonds is 5. The molecular weight excluding hydrogens is 574 g/mol. The quantitative estimate of drug-likeness (QED) is 0.196. The Balaban J connectivity index is 1.26. The number of allylic oxidation sites excluding steroid dienone is 1. The molecule has 1 aliphatic rings. The van der Waals surface area contributed by atoms with Crippen molar-refractivity contribution in [2.24, 2.45) is 0 Å². The Morgan fingerprint density at radius 1 is 0.404 bits per heavy atom. The van der Waals surface area contributed by atoms with Gasteiger partial charge in [-0.25, -0.2) is 15.0 Å². The molecule has 0 atom stereocenters. The molecule has 0 bridgehead atoms.